The molecule has 2 saturated heterocycles. The smallest absolute Gasteiger partial charge is 0.355 e. The summed E-state index contributed by atoms with van der Waals surface area (Å²) in [6.07, 6.45) is 7.39. The fraction of sp³-hybridized carbons (Fsp3) is 0.236. The SMILES string of the molecule is CNc1cccc2c1C(=O)N(C1CCC(=O)NC1=O)C2=O.CNc1cccc2c1CN(C1CCC(=O)NC1=O)C2=O.Cn1cc(Cn2c(=O)nc(Nc3cc4cn(C)nc4cc3Cl)n(Cc3cc(F)c(F)cc3F)c2=O)nn1.Cn1cc(Cn2c(=O)nc(Nc3cc4cn(C)nc4cc3Cl)n(Cc3cc(F)c(F)cc3F)c2=O)nn1. The molecular weight excluding hydrogens is 1560 g/mol. The van der Waals surface area contributed by atoms with Gasteiger partial charge < -0.3 is 26.2 Å². The molecule has 0 saturated carbocycles. The number of imide groups is 3. The van der Waals surface area contributed by atoms with Crippen LogP contribution in [0.1, 0.15) is 84.8 Å². The fourth-order valence-electron chi connectivity index (χ4n) is 13.1. The Morgan fingerprint density at radius 3 is 1.36 bits per heavy atom. The molecule has 6 aromatic carbocycles. The van der Waals surface area contributed by atoms with Crippen LogP contribution in [0.4, 0.5) is 61.0 Å². The number of aryl methyl sites for hydroxylation is 4. The van der Waals surface area contributed by atoms with Crippen molar-refractivity contribution < 1.29 is 59.9 Å². The number of hydrogen-bond acceptors (Lipinski definition) is 23. The highest BCUT2D eigenvalue weighted by atomic mass is 35.5. The number of anilines is 6. The standard InChI is InChI=1S/2C22H17ClF3N9O2.C14H13N3O4.C14H15N3O3/c2*1-32-7-12-4-19(14(23)5-18(12)30-32)27-20-28-21(36)35(10-13-9-33(2)31-29-13)22(37)34(20)8-11-3-16(25)17(26)6-15(11)24;1-15-8-4-2-3-7-11(8)14(21)17(13(7)20)9-5-6-10(18)16-12(9)19;1-15-10-4-2-3-8-9(10)7-17(14(8)20)11-5-6-12(18)16-13(11)19/h2*3-7,9H,8,10H2,1-2H3,(H,27,28,36);2-4,9,15H,5-6H2,1H3,(H,16,18,19);2-4,11,15H,5-7H2,1H3,(H,16,18,19). The van der Waals surface area contributed by atoms with Gasteiger partial charge in [0.15, 0.2) is 23.3 Å². The lowest BCUT2D eigenvalue weighted by atomic mass is 10.0. The minimum atomic E-state index is -1.38. The van der Waals surface area contributed by atoms with E-state index < -0.39 is 101 Å². The Morgan fingerprint density at radius 1 is 0.470 bits per heavy atom. The molecule has 2 fully saturated rings. The topological polar surface area (TPSA) is 409 Å². The third-order valence-corrected chi connectivity index (χ3v) is 19.2. The lowest BCUT2D eigenvalue weighted by Crippen LogP contribution is -2.54. The summed E-state index contributed by atoms with van der Waals surface area (Å²) < 4.78 is 93.0. The first-order chi connectivity index (χ1) is 54.8. The van der Waals surface area contributed by atoms with E-state index in [1.54, 1.807) is 117 Å². The van der Waals surface area contributed by atoms with Crippen molar-refractivity contribution in [2.45, 2.75) is 70.5 Å². The molecule has 0 radical (unpaired) electrons. The maximum absolute atomic E-state index is 14.5. The van der Waals surface area contributed by atoms with Crippen molar-refractivity contribution >= 4 is 121 Å². The van der Waals surface area contributed by atoms with Gasteiger partial charge in [-0.05, 0) is 73.5 Å². The van der Waals surface area contributed by atoms with Crippen LogP contribution in [0.2, 0.25) is 10.0 Å². The molecular formula is C72H62Cl2F6N24O11. The van der Waals surface area contributed by atoms with E-state index in [9.17, 15) is 79.1 Å². The largest absolute Gasteiger partial charge is 0.388 e. The Balaban J connectivity index is 0.000000139. The van der Waals surface area contributed by atoms with Crippen molar-refractivity contribution in [3.63, 3.8) is 0 Å². The van der Waals surface area contributed by atoms with Gasteiger partial charge in [0.25, 0.3) is 17.7 Å². The predicted octanol–water partition coefficient (Wildman–Crippen LogP) is 5.28. The molecule has 10 heterocycles. The van der Waals surface area contributed by atoms with Crippen molar-refractivity contribution in [3.8, 4) is 0 Å². The second-order valence-corrected chi connectivity index (χ2v) is 27.2. The predicted molar refractivity (Wildman–Crippen MR) is 399 cm³/mol. The van der Waals surface area contributed by atoms with Gasteiger partial charge >= 0.3 is 22.8 Å². The number of aromatic nitrogens is 16. The Morgan fingerprint density at radius 2 is 0.913 bits per heavy atom. The average Bonchev–Trinajstić information content (AvgIpc) is 1.73. The molecule has 2 atom stereocenters. The van der Waals surface area contributed by atoms with E-state index in [1.807, 2.05) is 12.1 Å². The molecule has 12 aromatic rings. The molecule has 43 heteroatoms. The van der Waals surface area contributed by atoms with Crippen LogP contribution in [0, 0.1) is 34.9 Å². The Labute approximate surface area is 651 Å². The highest BCUT2D eigenvalue weighted by Crippen LogP contribution is 2.36. The number of carbonyl (C=O) groups excluding carboxylic acids is 7. The summed E-state index contributed by atoms with van der Waals surface area (Å²) in [6.45, 7) is -1.31. The van der Waals surface area contributed by atoms with Crippen LogP contribution in [0.5, 0.6) is 0 Å². The molecule has 592 valence electrons. The van der Waals surface area contributed by atoms with Gasteiger partial charge in [-0.2, -0.15) is 20.2 Å². The first-order valence-corrected chi connectivity index (χ1v) is 35.3. The number of hydrogen-bond donors (Lipinski definition) is 6. The number of halogens is 8. The number of carbonyl (C=O) groups is 7. The second-order valence-electron chi connectivity index (χ2n) is 26.4. The van der Waals surface area contributed by atoms with E-state index in [1.165, 1.54) is 21.8 Å². The monoisotopic (exact) mass is 1620 g/mol. The Hall–Kier alpha value is -14.0. The molecule has 4 aliphatic heterocycles. The highest BCUT2D eigenvalue weighted by Gasteiger charge is 2.46. The molecule has 4 aliphatic rings. The van der Waals surface area contributed by atoms with Crippen LogP contribution in [0.3, 0.4) is 0 Å². The van der Waals surface area contributed by atoms with Crippen molar-refractivity contribution in [1.82, 2.24) is 98.2 Å². The summed E-state index contributed by atoms with van der Waals surface area (Å²) in [5, 5.41) is 41.6. The van der Waals surface area contributed by atoms with Gasteiger partial charge in [0.2, 0.25) is 35.5 Å². The summed E-state index contributed by atoms with van der Waals surface area (Å²) in [7, 11) is 10.1. The summed E-state index contributed by atoms with van der Waals surface area (Å²) in [4.78, 5) is 147. The quantitative estimate of drug-likeness (QED) is 0.0407. The third-order valence-electron chi connectivity index (χ3n) is 18.6. The second kappa shape index (κ2) is 32.4. The number of rotatable bonds is 16. The fourth-order valence-corrected chi connectivity index (χ4v) is 13.5. The van der Waals surface area contributed by atoms with Crippen LogP contribution >= 0.6 is 23.2 Å². The van der Waals surface area contributed by atoms with Gasteiger partial charge in [0.1, 0.15) is 35.1 Å². The van der Waals surface area contributed by atoms with Gasteiger partial charge in [-0.1, -0.05) is 45.8 Å². The Kier molecular flexibility index (Phi) is 22.3. The molecule has 115 heavy (non-hydrogen) atoms. The summed E-state index contributed by atoms with van der Waals surface area (Å²) >= 11 is 12.8. The zero-order valence-electron chi connectivity index (χ0n) is 61.0. The number of amides is 7. The van der Waals surface area contributed by atoms with Crippen LogP contribution < -0.4 is 54.7 Å². The number of piperidine rings is 2. The number of fused-ring (bicyclic) bond motifs is 4. The van der Waals surface area contributed by atoms with Crippen LogP contribution in [0.15, 0.2) is 129 Å². The molecule has 2 unspecified atom stereocenters. The molecule has 0 spiro atoms. The maximum atomic E-state index is 14.5. The van der Waals surface area contributed by atoms with E-state index in [0.29, 0.717) is 81.7 Å². The summed E-state index contributed by atoms with van der Waals surface area (Å²) in [5.41, 5.74) is 1.50. The minimum Gasteiger partial charge on any atom is -0.388 e. The Bertz CT molecular complexity index is 6030. The van der Waals surface area contributed by atoms with E-state index in [2.05, 4.69) is 72.7 Å². The van der Waals surface area contributed by atoms with Crippen molar-refractivity contribution in [1.29, 1.82) is 0 Å². The van der Waals surface area contributed by atoms with Gasteiger partial charge in [-0.15, -0.1) is 10.2 Å². The van der Waals surface area contributed by atoms with Gasteiger partial charge in [-0.25, -0.2) is 54.7 Å². The first-order valence-electron chi connectivity index (χ1n) is 34.5. The first kappa shape index (κ1) is 79.1. The molecule has 6 N–H and O–H groups in total. The van der Waals surface area contributed by atoms with Gasteiger partial charge in [0.05, 0.1) is 69.8 Å². The summed E-state index contributed by atoms with van der Waals surface area (Å²) in [6, 6.07) is 17.3. The zero-order chi connectivity index (χ0) is 82.3. The minimum absolute atomic E-state index is 0.114. The lowest BCUT2D eigenvalue weighted by molar-refractivity contribution is -0.138. The average molecular weight is 1620 g/mol. The molecule has 35 nitrogen and oxygen atoms in total. The molecule has 7 amide bonds. The van der Waals surface area contributed by atoms with Crippen molar-refractivity contribution in [3.05, 3.63) is 241 Å². The van der Waals surface area contributed by atoms with E-state index >= 15 is 0 Å². The molecule has 16 rings (SSSR count). The van der Waals surface area contributed by atoms with Gasteiger partial charge in [-0.3, -0.25) is 77.0 Å². The van der Waals surface area contributed by atoms with Crippen LogP contribution in [-0.4, -0.2) is 155 Å². The number of nitrogens with zero attached hydrogens (tertiary/aromatic N) is 18. The normalized spacial score (nSPS) is 15.0. The van der Waals surface area contributed by atoms with E-state index in [0.717, 1.165) is 34.4 Å². The molecule has 0 aliphatic carbocycles. The molecule has 6 aromatic heterocycles. The van der Waals surface area contributed by atoms with Crippen LogP contribution in [-0.2, 0) is 80.1 Å². The molecule has 0 bridgehead atoms. The highest BCUT2D eigenvalue weighted by molar-refractivity contribution is 6.34. The zero-order valence-corrected chi connectivity index (χ0v) is 62.5. The van der Waals surface area contributed by atoms with E-state index in [-0.39, 0.29) is 112 Å². The number of nitrogens with one attached hydrogen (secondary N) is 6. The third kappa shape index (κ3) is 16.4. The van der Waals surface area contributed by atoms with Crippen LogP contribution in [0.25, 0.3) is 21.8 Å². The number of benzene rings is 6. The van der Waals surface area contributed by atoms with E-state index in [4.69, 9.17) is 23.2 Å². The van der Waals surface area contributed by atoms with Crippen molar-refractivity contribution in [2.24, 2.45) is 28.2 Å². The van der Waals surface area contributed by atoms with Gasteiger partial charge in [0, 0.05) is 143 Å². The van der Waals surface area contributed by atoms with Crippen molar-refractivity contribution in [2.75, 3.05) is 35.4 Å². The summed E-state index contributed by atoms with van der Waals surface area (Å²) in [5.74, 6) is -10.9. The lowest BCUT2D eigenvalue weighted by Gasteiger charge is -2.29. The maximum Gasteiger partial charge on any atom is 0.355 e.